The van der Waals surface area contributed by atoms with E-state index in [0.29, 0.717) is 12.6 Å². The molecule has 1 heterocycles. The Hall–Kier alpha value is -1.57. The van der Waals surface area contributed by atoms with E-state index in [-0.39, 0.29) is 11.8 Å². The van der Waals surface area contributed by atoms with Crippen LogP contribution in [0.15, 0.2) is 6.07 Å². The molecule has 0 aromatic carbocycles. The summed E-state index contributed by atoms with van der Waals surface area (Å²) in [5, 5.41) is 2.88. The highest BCUT2D eigenvalue weighted by atomic mass is 19.4. The minimum atomic E-state index is -4.52. The molecule has 0 spiro atoms. The van der Waals surface area contributed by atoms with Crippen LogP contribution in [0.4, 0.5) is 24.9 Å². The van der Waals surface area contributed by atoms with Crippen LogP contribution < -0.4 is 11.1 Å². The van der Waals surface area contributed by atoms with Crippen molar-refractivity contribution >= 4 is 11.8 Å². The fourth-order valence-corrected chi connectivity index (χ4v) is 2.59. The molecule has 21 heavy (non-hydrogen) atoms. The van der Waals surface area contributed by atoms with E-state index >= 15 is 0 Å². The third-order valence-corrected chi connectivity index (χ3v) is 3.75. The van der Waals surface area contributed by atoms with Crippen LogP contribution in [0.1, 0.15) is 31.4 Å². The second kappa shape index (κ2) is 6.46. The van der Waals surface area contributed by atoms with Crippen LogP contribution in [0.2, 0.25) is 0 Å². The number of rotatable bonds is 5. The topological polar surface area (TPSA) is 67.1 Å². The number of nitrogens with one attached hydrogen (secondary N) is 1. The average Bonchev–Trinajstić information content (AvgIpc) is 2.90. The van der Waals surface area contributed by atoms with Crippen LogP contribution in [0.3, 0.4) is 0 Å². The van der Waals surface area contributed by atoms with Gasteiger partial charge >= 0.3 is 6.18 Å². The predicted octanol–water partition coefficient (Wildman–Crippen LogP) is 2.36. The molecule has 5 nitrogen and oxygen atoms in total. The van der Waals surface area contributed by atoms with Crippen LogP contribution in [0, 0.1) is 0 Å². The first-order valence-corrected chi connectivity index (χ1v) is 7.02. The van der Waals surface area contributed by atoms with Crippen molar-refractivity contribution in [3.05, 3.63) is 11.8 Å². The smallest absolute Gasteiger partial charge is 0.369 e. The largest absolute Gasteiger partial charge is 0.433 e. The van der Waals surface area contributed by atoms with Gasteiger partial charge in [-0.25, -0.2) is 4.98 Å². The molecule has 0 saturated heterocycles. The van der Waals surface area contributed by atoms with E-state index in [2.05, 4.69) is 20.2 Å². The molecule has 0 radical (unpaired) electrons. The first kappa shape index (κ1) is 15.8. The lowest BCUT2D eigenvalue weighted by atomic mass is 10.2. The first-order chi connectivity index (χ1) is 9.86. The molecule has 2 rings (SSSR count). The number of hydrogen-bond acceptors (Lipinski definition) is 5. The Labute approximate surface area is 121 Å². The molecule has 0 aliphatic heterocycles. The Bertz CT molecular complexity index is 471. The van der Waals surface area contributed by atoms with Gasteiger partial charge in [-0.1, -0.05) is 12.8 Å². The molecule has 0 unspecified atom stereocenters. The fourth-order valence-electron chi connectivity index (χ4n) is 2.59. The first-order valence-electron chi connectivity index (χ1n) is 7.02. The Morgan fingerprint density at radius 1 is 1.33 bits per heavy atom. The maximum absolute atomic E-state index is 12.6. The lowest BCUT2D eigenvalue weighted by molar-refractivity contribution is -0.141. The van der Waals surface area contributed by atoms with Crippen molar-refractivity contribution in [1.29, 1.82) is 0 Å². The molecule has 1 aliphatic carbocycles. The summed E-state index contributed by atoms with van der Waals surface area (Å²) in [7, 11) is 2.03. The van der Waals surface area contributed by atoms with Gasteiger partial charge in [-0.05, 0) is 19.9 Å². The summed E-state index contributed by atoms with van der Waals surface area (Å²) in [6, 6.07) is 1.46. The number of nitrogen functional groups attached to an aromatic ring is 1. The number of nitrogens with two attached hydrogens (primary N) is 1. The standard InChI is InChI=1S/C13H20F3N5/c1-21(9-4-2-3-5-9)7-6-18-11-8-10(13(14,15)16)19-12(17)20-11/h8-9H,2-7H2,1H3,(H3,17,18,19,20). The molecule has 8 heteroatoms. The molecular weight excluding hydrogens is 283 g/mol. The lowest BCUT2D eigenvalue weighted by Crippen LogP contribution is -2.33. The van der Waals surface area contributed by atoms with Crippen LogP contribution in [-0.2, 0) is 6.18 Å². The van der Waals surface area contributed by atoms with E-state index in [0.717, 1.165) is 12.6 Å². The molecule has 1 aromatic rings. The minimum Gasteiger partial charge on any atom is -0.369 e. The van der Waals surface area contributed by atoms with Gasteiger partial charge in [0.2, 0.25) is 5.95 Å². The van der Waals surface area contributed by atoms with Crippen molar-refractivity contribution in [2.45, 2.75) is 37.9 Å². The predicted molar refractivity (Wildman–Crippen MR) is 74.8 cm³/mol. The third-order valence-electron chi connectivity index (χ3n) is 3.75. The van der Waals surface area contributed by atoms with E-state index in [4.69, 9.17) is 5.73 Å². The second-order valence-corrected chi connectivity index (χ2v) is 5.34. The van der Waals surface area contributed by atoms with Gasteiger partial charge in [-0.3, -0.25) is 0 Å². The maximum atomic E-state index is 12.6. The normalized spacial score (nSPS) is 16.6. The quantitative estimate of drug-likeness (QED) is 0.874. The molecule has 118 valence electrons. The Kier molecular flexibility index (Phi) is 4.87. The van der Waals surface area contributed by atoms with Gasteiger partial charge in [-0.2, -0.15) is 18.2 Å². The van der Waals surface area contributed by atoms with Crippen molar-refractivity contribution in [1.82, 2.24) is 14.9 Å². The van der Waals surface area contributed by atoms with E-state index in [1.165, 1.54) is 25.7 Å². The zero-order valence-corrected chi connectivity index (χ0v) is 12.0. The number of likely N-dealkylation sites (N-methyl/N-ethyl adjacent to an activating group) is 1. The van der Waals surface area contributed by atoms with Gasteiger partial charge in [0.25, 0.3) is 0 Å². The highest BCUT2D eigenvalue weighted by Crippen LogP contribution is 2.29. The monoisotopic (exact) mass is 303 g/mol. The van der Waals surface area contributed by atoms with Crippen LogP contribution >= 0.6 is 0 Å². The molecule has 0 bridgehead atoms. The summed E-state index contributed by atoms with van der Waals surface area (Å²) in [6.45, 7) is 1.26. The van der Waals surface area contributed by atoms with Gasteiger partial charge in [0.05, 0.1) is 0 Å². The Morgan fingerprint density at radius 3 is 2.62 bits per heavy atom. The molecule has 1 fully saturated rings. The number of anilines is 2. The van der Waals surface area contributed by atoms with Crippen molar-refractivity contribution in [3.63, 3.8) is 0 Å². The molecule has 0 amide bonds. The van der Waals surface area contributed by atoms with Crippen LogP contribution in [-0.4, -0.2) is 41.0 Å². The summed E-state index contributed by atoms with van der Waals surface area (Å²) in [4.78, 5) is 9.21. The number of halogens is 3. The fraction of sp³-hybridized carbons (Fsp3) is 0.692. The second-order valence-electron chi connectivity index (χ2n) is 5.34. The molecule has 1 aromatic heterocycles. The SMILES string of the molecule is CN(CCNc1cc(C(F)(F)F)nc(N)n1)C1CCCC1. The van der Waals surface area contributed by atoms with Crippen molar-refractivity contribution < 1.29 is 13.2 Å². The third kappa shape index (κ3) is 4.45. The van der Waals surface area contributed by atoms with Crippen molar-refractivity contribution in [3.8, 4) is 0 Å². The Morgan fingerprint density at radius 2 is 2.00 bits per heavy atom. The van der Waals surface area contributed by atoms with Gasteiger partial charge < -0.3 is 16.0 Å². The minimum absolute atomic E-state index is 0.106. The zero-order valence-electron chi connectivity index (χ0n) is 12.0. The zero-order chi connectivity index (χ0) is 15.5. The van der Waals surface area contributed by atoms with Crippen molar-refractivity contribution in [2.75, 3.05) is 31.2 Å². The highest BCUT2D eigenvalue weighted by Gasteiger charge is 2.33. The number of hydrogen-bond donors (Lipinski definition) is 2. The van der Waals surface area contributed by atoms with E-state index in [1.807, 2.05) is 7.05 Å². The molecular formula is C13H20F3N5. The van der Waals surface area contributed by atoms with Crippen molar-refractivity contribution in [2.24, 2.45) is 0 Å². The summed E-state index contributed by atoms with van der Waals surface area (Å²) < 4.78 is 37.9. The van der Waals surface area contributed by atoms with E-state index < -0.39 is 11.9 Å². The average molecular weight is 303 g/mol. The summed E-state index contributed by atoms with van der Waals surface area (Å²) in [5.74, 6) is -0.272. The number of nitrogens with zero attached hydrogens (tertiary/aromatic N) is 3. The number of alkyl halides is 3. The maximum Gasteiger partial charge on any atom is 0.433 e. The number of aromatic nitrogens is 2. The van der Waals surface area contributed by atoms with Gasteiger partial charge in [0.15, 0.2) is 5.69 Å². The van der Waals surface area contributed by atoms with Gasteiger partial charge in [-0.15, -0.1) is 0 Å². The molecule has 0 atom stereocenters. The molecule has 1 saturated carbocycles. The van der Waals surface area contributed by atoms with E-state index in [1.54, 1.807) is 0 Å². The summed E-state index contributed by atoms with van der Waals surface area (Å²) in [6.07, 6.45) is 0.359. The molecule has 3 N–H and O–H groups in total. The van der Waals surface area contributed by atoms with Crippen LogP contribution in [0.25, 0.3) is 0 Å². The van der Waals surface area contributed by atoms with Gasteiger partial charge in [0.1, 0.15) is 5.82 Å². The summed E-state index contributed by atoms with van der Waals surface area (Å²) >= 11 is 0. The Balaban J connectivity index is 1.89. The van der Waals surface area contributed by atoms with Gasteiger partial charge in [0, 0.05) is 25.2 Å². The highest BCUT2D eigenvalue weighted by molar-refractivity contribution is 5.41. The molecule has 1 aliphatic rings. The van der Waals surface area contributed by atoms with Crippen LogP contribution in [0.5, 0.6) is 0 Å². The summed E-state index contributed by atoms with van der Waals surface area (Å²) in [5.41, 5.74) is 4.29. The van der Waals surface area contributed by atoms with E-state index in [9.17, 15) is 13.2 Å². The lowest BCUT2D eigenvalue weighted by Gasteiger charge is -2.24.